The summed E-state index contributed by atoms with van der Waals surface area (Å²) in [7, 11) is 0. The zero-order chi connectivity index (χ0) is 22.0. The lowest BCUT2D eigenvalue weighted by atomic mass is 10.0. The third-order valence-corrected chi connectivity index (χ3v) is 5.07. The highest BCUT2D eigenvalue weighted by Gasteiger charge is 2.27. The third-order valence-electron chi connectivity index (χ3n) is 5.07. The number of nitrogens with zero attached hydrogens (tertiary/aromatic N) is 6. The lowest BCUT2D eigenvalue weighted by molar-refractivity contribution is 0.0423. The van der Waals surface area contributed by atoms with Crippen LogP contribution in [0.4, 0.5) is 5.82 Å². The van der Waals surface area contributed by atoms with Crippen LogP contribution in [-0.2, 0) is 4.84 Å². The van der Waals surface area contributed by atoms with E-state index in [-0.39, 0.29) is 12.0 Å². The van der Waals surface area contributed by atoms with Gasteiger partial charge < -0.3 is 4.90 Å². The second kappa shape index (κ2) is 8.77. The molecule has 1 fully saturated rings. The Morgan fingerprint density at radius 1 is 1.06 bits per heavy atom. The zero-order valence-electron chi connectivity index (χ0n) is 18.2. The first kappa shape index (κ1) is 20.9. The van der Waals surface area contributed by atoms with Gasteiger partial charge in [-0.05, 0) is 45.9 Å². The van der Waals surface area contributed by atoms with Gasteiger partial charge in [0.05, 0.1) is 12.1 Å². The summed E-state index contributed by atoms with van der Waals surface area (Å²) < 4.78 is 0. The maximum absolute atomic E-state index is 13.5. The largest absolute Gasteiger partial charge is 0.334 e. The van der Waals surface area contributed by atoms with Crippen molar-refractivity contribution in [1.82, 2.24) is 24.8 Å². The third kappa shape index (κ3) is 4.69. The zero-order valence-corrected chi connectivity index (χ0v) is 18.2. The maximum atomic E-state index is 13.5. The molecule has 8 nitrogen and oxygen atoms in total. The highest BCUT2D eigenvalue weighted by atomic mass is 16.7. The number of amides is 1. The number of rotatable bonds is 3. The number of hydrogen-bond acceptors (Lipinski definition) is 7. The smallest absolute Gasteiger partial charge is 0.254 e. The molecular formula is C23H26N6O2. The Kier molecular flexibility index (Phi) is 5.90. The van der Waals surface area contributed by atoms with E-state index >= 15 is 0 Å². The average molecular weight is 419 g/mol. The van der Waals surface area contributed by atoms with E-state index in [9.17, 15) is 4.79 Å². The summed E-state index contributed by atoms with van der Waals surface area (Å²) in [5.74, 6) is 1.88. The molecule has 0 N–H and O–H groups in total. The Morgan fingerprint density at radius 3 is 2.58 bits per heavy atom. The van der Waals surface area contributed by atoms with Gasteiger partial charge in [-0.3, -0.25) is 9.63 Å². The first-order valence-electron chi connectivity index (χ1n) is 10.3. The molecule has 1 amide bonds. The Bertz CT molecular complexity index is 1070. The number of hydroxylamine groups is 1. The van der Waals surface area contributed by atoms with Crippen LogP contribution < -0.4 is 5.06 Å². The SMILES string of the molecule is Cc1ccc(C(=O)N2CCN(c3cc(C)nc(C)n3)O[C@@H](C)C2)c(-c2ncccn2)c1. The molecule has 1 saturated heterocycles. The monoisotopic (exact) mass is 418 g/mol. The summed E-state index contributed by atoms with van der Waals surface area (Å²) >= 11 is 0. The fourth-order valence-corrected chi connectivity index (χ4v) is 3.73. The van der Waals surface area contributed by atoms with Gasteiger partial charge in [-0.15, -0.1) is 0 Å². The minimum absolute atomic E-state index is 0.0604. The predicted octanol–water partition coefficient (Wildman–Crippen LogP) is 3.14. The summed E-state index contributed by atoms with van der Waals surface area (Å²) in [6.07, 6.45) is 3.18. The van der Waals surface area contributed by atoms with Crippen LogP contribution >= 0.6 is 0 Å². The molecule has 3 heterocycles. The summed E-state index contributed by atoms with van der Waals surface area (Å²) in [4.78, 5) is 39.0. The Labute approximate surface area is 181 Å². The molecule has 1 aromatic carbocycles. The van der Waals surface area contributed by atoms with Crippen molar-refractivity contribution in [3.63, 3.8) is 0 Å². The maximum Gasteiger partial charge on any atom is 0.254 e. The fourth-order valence-electron chi connectivity index (χ4n) is 3.73. The van der Waals surface area contributed by atoms with Gasteiger partial charge in [0.15, 0.2) is 11.6 Å². The number of aryl methyl sites for hydroxylation is 3. The number of aromatic nitrogens is 4. The van der Waals surface area contributed by atoms with E-state index in [1.165, 1.54) is 0 Å². The molecule has 0 unspecified atom stereocenters. The Morgan fingerprint density at radius 2 is 1.84 bits per heavy atom. The summed E-state index contributed by atoms with van der Waals surface area (Å²) in [5, 5.41) is 1.76. The number of carbonyl (C=O) groups excluding carboxylic acids is 1. The molecular weight excluding hydrogens is 392 g/mol. The summed E-state index contributed by atoms with van der Waals surface area (Å²) in [5.41, 5.74) is 3.25. The van der Waals surface area contributed by atoms with E-state index in [2.05, 4.69) is 19.9 Å². The number of benzene rings is 1. The van der Waals surface area contributed by atoms with Crippen LogP contribution in [0.15, 0.2) is 42.7 Å². The molecule has 1 atom stereocenters. The minimum Gasteiger partial charge on any atom is -0.334 e. The van der Waals surface area contributed by atoms with Crippen LogP contribution in [-0.4, -0.2) is 56.5 Å². The van der Waals surface area contributed by atoms with Gasteiger partial charge in [0.2, 0.25) is 0 Å². The molecule has 0 spiro atoms. The van der Waals surface area contributed by atoms with Crippen molar-refractivity contribution in [3.8, 4) is 11.4 Å². The second-order valence-electron chi connectivity index (χ2n) is 7.81. The molecule has 0 aliphatic carbocycles. The van der Waals surface area contributed by atoms with Gasteiger partial charge in [0.1, 0.15) is 11.9 Å². The van der Waals surface area contributed by atoms with Crippen molar-refractivity contribution in [2.45, 2.75) is 33.8 Å². The molecule has 31 heavy (non-hydrogen) atoms. The van der Waals surface area contributed by atoms with E-state index < -0.39 is 0 Å². The molecule has 1 aliphatic rings. The minimum atomic E-state index is -0.191. The first-order valence-corrected chi connectivity index (χ1v) is 10.3. The van der Waals surface area contributed by atoms with Crippen molar-refractivity contribution in [1.29, 1.82) is 0 Å². The van der Waals surface area contributed by atoms with Crippen LogP contribution in [0.2, 0.25) is 0 Å². The molecule has 160 valence electrons. The van der Waals surface area contributed by atoms with Crippen LogP contribution in [0, 0.1) is 20.8 Å². The van der Waals surface area contributed by atoms with Crippen molar-refractivity contribution >= 4 is 11.7 Å². The van der Waals surface area contributed by atoms with Crippen molar-refractivity contribution in [3.05, 3.63) is 65.4 Å². The highest BCUT2D eigenvalue weighted by Crippen LogP contribution is 2.24. The van der Waals surface area contributed by atoms with Crippen molar-refractivity contribution in [2.24, 2.45) is 0 Å². The van der Waals surface area contributed by atoms with E-state index in [1.54, 1.807) is 23.5 Å². The van der Waals surface area contributed by atoms with Crippen LogP contribution in [0.25, 0.3) is 11.4 Å². The lowest BCUT2D eigenvalue weighted by Crippen LogP contribution is -2.37. The molecule has 0 bridgehead atoms. The standard InChI is InChI=1S/C23H26N6O2/c1-15-6-7-19(20(12-15)22-24-8-5-9-25-22)23(30)28-10-11-29(31-17(3)14-28)21-13-16(2)26-18(4)27-21/h5-9,12-13,17H,10-11,14H2,1-4H3/t17-/m0/s1. The van der Waals surface area contributed by atoms with E-state index in [0.29, 0.717) is 42.7 Å². The predicted molar refractivity (Wildman–Crippen MR) is 118 cm³/mol. The molecule has 3 aromatic rings. The Hall–Kier alpha value is -3.39. The topological polar surface area (TPSA) is 84.3 Å². The van der Waals surface area contributed by atoms with Crippen LogP contribution in [0.1, 0.15) is 34.4 Å². The average Bonchev–Trinajstić information content (AvgIpc) is 2.95. The van der Waals surface area contributed by atoms with Crippen molar-refractivity contribution in [2.75, 3.05) is 24.7 Å². The Balaban J connectivity index is 1.60. The molecule has 2 aromatic heterocycles. The first-order chi connectivity index (χ1) is 14.9. The molecule has 0 saturated carbocycles. The quantitative estimate of drug-likeness (QED) is 0.646. The van der Waals surface area contributed by atoms with Crippen LogP contribution in [0.3, 0.4) is 0 Å². The lowest BCUT2D eigenvalue weighted by Gasteiger charge is -2.22. The summed E-state index contributed by atoms with van der Waals surface area (Å²) in [6, 6.07) is 9.41. The number of anilines is 1. The number of carbonyl (C=O) groups is 1. The van der Waals surface area contributed by atoms with Crippen molar-refractivity contribution < 1.29 is 9.63 Å². The fraction of sp³-hybridized carbons (Fsp3) is 0.348. The molecule has 0 radical (unpaired) electrons. The highest BCUT2D eigenvalue weighted by molar-refractivity contribution is 6.00. The van der Waals surface area contributed by atoms with Gasteiger partial charge in [-0.2, -0.15) is 0 Å². The van der Waals surface area contributed by atoms with Gasteiger partial charge in [-0.1, -0.05) is 11.6 Å². The molecule has 4 rings (SSSR count). The van der Waals surface area contributed by atoms with E-state index in [0.717, 1.165) is 16.8 Å². The number of hydrogen-bond donors (Lipinski definition) is 0. The van der Waals surface area contributed by atoms with E-state index in [4.69, 9.17) is 4.84 Å². The normalized spacial score (nSPS) is 16.8. The van der Waals surface area contributed by atoms with Crippen LogP contribution in [0.5, 0.6) is 0 Å². The van der Waals surface area contributed by atoms with Gasteiger partial charge in [0.25, 0.3) is 5.91 Å². The molecule has 1 aliphatic heterocycles. The van der Waals surface area contributed by atoms with Gasteiger partial charge in [0, 0.05) is 42.8 Å². The van der Waals surface area contributed by atoms with Gasteiger partial charge >= 0.3 is 0 Å². The summed E-state index contributed by atoms with van der Waals surface area (Å²) in [6.45, 7) is 9.23. The second-order valence-corrected chi connectivity index (χ2v) is 7.81. The van der Waals surface area contributed by atoms with E-state index in [1.807, 2.05) is 56.9 Å². The molecule has 8 heteroatoms. The van der Waals surface area contributed by atoms with Gasteiger partial charge in [-0.25, -0.2) is 25.0 Å².